The van der Waals surface area contributed by atoms with Crippen LogP contribution in [0, 0.1) is 11.8 Å². The number of hydrogen-bond acceptors (Lipinski definition) is 7. The van der Waals surface area contributed by atoms with Crippen LogP contribution in [0.15, 0.2) is 60.7 Å². The number of carbonyl (C=O) groups is 3. The fourth-order valence-corrected chi connectivity index (χ4v) is 6.33. The van der Waals surface area contributed by atoms with Crippen LogP contribution in [0.4, 0.5) is 0 Å². The van der Waals surface area contributed by atoms with Crippen LogP contribution in [0.2, 0.25) is 5.02 Å². The number of morpholine rings is 1. The number of methoxy groups -OCH3 is 2. The number of nitrogens with zero attached hydrogens (tertiary/aromatic N) is 2. The Morgan fingerprint density at radius 2 is 1.47 bits per heavy atom. The predicted molar refractivity (Wildman–Crippen MR) is 171 cm³/mol. The molecule has 2 heterocycles. The number of benzene rings is 2. The molecule has 43 heavy (non-hydrogen) atoms. The zero-order valence-corrected chi connectivity index (χ0v) is 27.3. The maximum atomic E-state index is 12.8. The van der Waals surface area contributed by atoms with Crippen molar-refractivity contribution >= 4 is 81.6 Å². The average molecular weight is 688 g/mol. The Hall–Kier alpha value is -2.40. The standard InChI is InChI=1S/C21H22ClNO4.C9H8Cl3NO2S/c1-25-19-8-5-16(13-20(19)26-2)18(15-3-6-17(22)7-4-15)14-21(24)23-9-11-27-12-10-23;10-9(11,12)16-13-7(14)5-3-1-2-4-6(5)8(13)15/h3-8,13-14H,9-12H2,1-2H3;1-2,5-6H,3-4H2/b18-14+;. The molecule has 230 valence electrons. The molecule has 0 aromatic heterocycles. The van der Waals surface area contributed by atoms with Gasteiger partial charge in [-0.3, -0.25) is 14.4 Å². The van der Waals surface area contributed by atoms with E-state index < -0.39 is 3.12 Å². The fraction of sp³-hybridized carbons (Fsp3) is 0.367. The van der Waals surface area contributed by atoms with Gasteiger partial charge < -0.3 is 19.1 Å². The lowest BCUT2D eigenvalue weighted by Gasteiger charge is -2.26. The molecular weight excluding hydrogens is 658 g/mol. The van der Waals surface area contributed by atoms with Crippen LogP contribution in [-0.4, -0.2) is 70.6 Å². The number of fused-ring (bicyclic) bond motifs is 1. The zero-order valence-electron chi connectivity index (χ0n) is 23.4. The summed E-state index contributed by atoms with van der Waals surface area (Å²) in [4.78, 5) is 38.4. The molecule has 2 aliphatic heterocycles. The van der Waals surface area contributed by atoms with Gasteiger partial charge in [-0.2, -0.15) is 0 Å². The lowest BCUT2D eigenvalue weighted by molar-refractivity contribution is -0.133. The summed E-state index contributed by atoms with van der Waals surface area (Å²) < 4.78 is 15.4. The number of alkyl halides is 3. The van der Waals surface area contributed by atoms with Crippen LogP contribution in [0.5, 0.6) is 11.5 Å². The molecule has 5 rings (SSSR count). The molecule has 2 aromatic carbocycles. The van der Waals surface area contributed by atoms with Gasteiger partial charge in [0.2, 0.25) is 17.7 Å². The van der Waals surface area contributed by atoms with E-state index in [1.165, 1.54) is 0 Å². The first-order chi connectivity index (χ1) is 20.5. The average Bonchev–Trinajstić information content (AvgIpc) is 3.24. The van der Waals surface area contributed by atoms with E-state index in [2.05, 4.69) is 0 Å². The van der Waals surface area contributed by atoms with Crippen LogP contribution in [0.3, 0.4) is 0 Å². The van der Waals surface area contributed by atoms with E-state index in [4.69, 9.17) is 60.6 Å². The Balaban J connectivity index is 0.000000225. The van der Waals surface area contributed by atoms with Gasteiger partial charge in [-0.05, 0) is 53.8 Å². The molecule has 2 fully saturated rings. The second kappa shape index (κ2) is 15.1. The van der Waals surface area contributed by atoms with Crippen molar-refractivity contribution in [3.05, 3.63) is 76.8 Å². The molecule has 8 nitrogen and oxygen atoms in total. The van der Waals surface area contributed by atoms with E-state index in [-0.39, 0.29) is 29.6 Å². The molecule has 2 aromatic rings. The Kier molecular flexibility index (Phi) is 11.7. The summed E-state index contributed by atoms with van der Waals surface area (Å²) in [6.07, 6.45) is 6.67. The van der Waals surface area contributed by atoms with E-state index in [0.717, 1.165) is 21.0 Å². The highest BCUT2D eigenvalue weighted by atomic mass is 35.6. The third kappa shape index (κ3) is 8.62. The highest BCUT2D eigenvalue weighted by molar-refractivity contribution is 8.03. The maximum absolute atomic E-state index is 12.8. The second-order valence-corrected chi connectivity index (χ2v) is 14.3. The molecule has 13 heteroatoms. The van der Waals surface area contributed by atoms with Gasteiger partial charge >= 0.3 is 0 Å². The first-order valence-electron chi connectivity index (χ1n) is 13.4. The number of ether oxygens (including phenoxy) is 3. The summed E-state index contributed by atoms with van der Waals surface area (Å²) in [6.45, 7) is 2.31. The van der Waals surface area contributed by atoms with Gasteiger partial charge in [0.25, 0.3) is 3.12 Å². The maximum Gasteiger partial charge on any atom is 0.256 e. The number of amides is 3. The third-order valence-electron chi connectivity index (χ3n) is 7.10. The monoisotopic (exact) mass is 686 g/mol. The number of imide groups is 1. The van der Waals surface area contributed by atoms with Crippen LogP contribution < -0.4 is 9.47 Å². The Labute approximate surface area is 274 Å². The smallest absolute Gasteiger partial charge is 0.256 e. The van der Waals surface area contributed by atoms with Crippen LogP contribution in [0.1, 0.15) is 24.0 Å². The van der Waals surface area contributed by atoms with Gasteiger partial charge in [0.05, 0.1) is 39.3 Å². The third-order valence-corrected chi connectivity index (χ3v) is 8.72. The summed E-state index contributed by atoms with van der Waals surface area (Å²) in [5.74, 6) is 0.129. The molecule has 0 radical (unpaired) electrons. The Morgan fingerprint density at radius 1 is 0.907 bits per heavy atom. The molecule has 2 atom stereocenters. The minimum atomic E-state index is -1.69. The molecule has 0 saturated carbocycles. The Bertz CT molecular complexity index is 1360. The van der Waals surface area contributed by atoms with E-state index in [1.807, 2.05) is 54.6 Å². The lowest BCUT2D eigenvalue weighted by Crippen LogP contribution is -2.39. The number of halogens is 4. The first-order valence-corrected chi connectivity index (χ1v) is 15.7. The summed E-state index contributed by atoms with van der Waals surface area (Å²) >= 11 is 23.4. The molecular formula is C30H30Cl4N2O6S. The number of hydrogen-bond donors (Lipinski definition) is 0. The summed E-state index contributed by atoms with van der Waals surface area (Å²) in [7, 11) is 3.18. The van der Waals surface area contributed by atoms with Crippen molar-refractivity contribution in [3.8, 4) is 11.5 Å². The predicted octanol–water partition coefficient (Wildman–Crippen LogP) is 6.56. The van der Waals surface area contributed by atoms with E-state index in [0.29, 0.717) is 67.6 Å². The minimum absolute atomic E-state index is 0.0435. The topological polar surface area (TPSA) is 85.4 Å². The van der Waals surface area contributed by atoms with E-state index in [9.17, 15) is 14.4 Å². The molecule has 0 bridgehead atoms. The van der Waals surface area contributed by atoms with Gasteiger partial charge in [0, 0.05) is 36.1 Å². The minimum Gasteiger partial charge on any atom is -0.493 e. The first kappa shape index (κ1) is 33.5. The SMILES string of the molecule is COc1ccc(/C(=C/C(=O)N2CCOCC2)c2ccc(Cl)cc2)cc1OC.O=C1C2CC=CCC2C(=O)N1SC(Cl)(Cl)Cl. The van der Waals surface area contributed by atoms with E-state index in [1.54, 1.807) is 25.2 Å². The number of allylic oxidation sites excluding steroid dienone is 2. The van der Waals surface area contributed by atoms with Crippen molar-refractivity contribution in [1.29, 1.82) is 0 Å². The summed E-state index contributed by atoms with van der Waals surface area (Å²) in [6, 6.07) is 13.0. The highest BCUT2D eigenvalue weighted by Crippen LogP contribution is 2.46. The van der Waals surface area contributed by atoms with Crippen LogP contribution in [-0.2, 0) is 19.1 Å². The largest absolute Gasteiger partial charge is 0.493 e. The van der Waals surface area contributed by atoms with Gasteiger partial charge in [-0.15, -0.1) is 0 Å². The van der Waals surface area contributed by atoms with Gasteiger partial charge in [-0.1, -0.05) is 76.8 Å². The molecule has 3 amide bonds. The second-order valence-electron chi connectivity index (χ2n) is 9.74. The van der Waals surface area contributed by atoms with Crippen molar-refractivity contribution in [2.45, 2.75) is 16.0 Å². The van der Waals surface area contributed by atoms with Crippen LogP contribution >= 0.6 is 58.4 Å². The van der Waals surface area contributed by atoms with Gasteiger partial charge in [0.15, 0.2) is 11.5 Å². The molecule has 2 saturated heterocycles. The van der Waals surface area contributed by atoms with Gasteiger partial charge in [-0.25, -0.2) is 4.31 Å². The van der Waals surface area contributed by atoms with Crippen molar-refractivity contribution in [2.75, 3.05) is 40.5 Å². The quantitative estimate of drug-likeness (QED) is 0.112. The van der Waals surface area contributed by atoms with Crippen molar-refractivity contribution in [3.63, 3.8) is 0 Å². The van der Waals surface area contributed by atoms with E-state index >= 15 is 0 Å². The fourth-order valence-electron chi connectivity index (χ4n) is 4.93. The van der Waals surface area contributed by atoms with Crippen molar-refractivity contribution in [1.82, 2.24) is 9.21 Å². The zero-order chi connectivity index (χ0) is 31.1. The number of rotatable bonds is 6. The van der Waals surface area contributed by atoms with Crippen molar-refractivity contribution < 1.29 is 28.6 Å². The van der Waals surface area contributed by atoms with Gasteiger partial charge in [0.1, 0.15) is 0 Å². The summed E-state index contributed by atoms with van der Waals surface area (Å²) in [5.41, 5.74) is 2.55. The highest BCUT2D eigenvalue weighted by Gasteiger charge is 2.49. The molecule has 3 aliphatic rings. The lowest BCUT2D eigenvalue weighted by atomic mass is 9.85. The molecule has 0 spiro atoms. The molecule has 1 aliphatic carbocycles. The van der Waals surface area contributed by atoms with Crippen molar-refractivity contribution in [2.24, 2.45) is 11.8 Å². The normalized spacial score (nSPS) is 20.4. The van der Waals surface area contributed by atoms with Crippen LogP contribution in [0.25, 0.3) is 5.57 Å². The molecule has 2 unspecified atom stereocenters. The number of carbonyl (C=O) groups excluding carboxylic acids is 3. The molecule has 0 N–H and O–H groups in total. The summed E-state index contributed by atoms with van der Waals surface area (Å²) in [5, 5.41) is 0.643. The Morgan fingerprint density at radius 3 is 2.00 bits per heavy atom.